The Morgan fingerprint density at radius 2 is 1.86 bits per heavy atom. The summed E-state index contributed by atoms with van der Waals surface area (Å²) in [6.45, 7) is 5.53. The molecule has 8 heteroatoms. The molecule has 1 atom stereocenters. The predicted molar refractivity (Wildman–Crippen MR) is 117 cm³/mol. The van der Waals surface area contributed by atoms with Gasteiger partial charge in [-0.05, 0) is 56.3 Å². The molecule has 29 heavy (non-hydrogen) atoms. The summed E-state index contributed by atoms with van der Waals surface area (Å²) < 4.78 is 27.7. The van der Waals surface area contributed by atoms with E-state index in [9.17, 15) is 13.2 Å². The summed E-state index contributed by atoms with van der Waals surface area (Å²) in [5.74, 6) is 0.502. The van der Waals surface area contributed by atoms with Crippen LogP contribution in [-0.2, 0) is 14.8 Å². The van der Waals surface area contributed by atoms with Crippen molar-refractivity contribution in [2.45, 2.75) is 43.9 Å². The lowest BCUT2D eigenvalue weighted by Crippen LogP contribution is -2.40. The molecule has 2 aliphatic rings. The maximum absolute atomic E-state index is 13.1. The first-order valence-corrected chi connectivity index (χ1v) is 12.0. The molecule has 3 rings (SSSR count). The molecule has 0 saturated carbocycles. The molecule has 1 aromatic rings. The first-order valence-electron chi connectivity index (χ1n) is 10.6. The topological polar surface area (TPSA) is 73.0 Å². The minimum Gasteiger partial charge on any atom is -0.376 e. The Balaban J connectivity index is 1.79. The Bertz CT molecular complexity index is 819. The Morgan fingerprint density at radius 1 is 1.14 bits per heavy atom. The quantitative estimate of drug-likeness (QED) is 0.763. The summed E-state index contributed by atoms with van der Waals surface area (Å²) in [6, 6.07) is 5.02. The molecule has 0 aromatic heterocycles. The fourth-order valence-electron chi connectivity index (χ4n) is 4.24. The van der Waals surface area contributed by atoms with E-state index in [2.05, 4.69) is 17.1 Å². The summed E-state index contributed by atoms with van der Waals surface area (Å²) in [4.78, 5) is 17.0. The molecule has 0 unspecified atom stereocenters. The molecule has 0 spiro atoms. The number of anilines is 2. The largest absolute Gasteiger partial charge is 0.376 e. The van der Waals surface area contributed by atoms with Gasteiger partial charge in [0, 0.05) is 33.7 Å². The van der Waals surface area contributed by atoms with Crippen LogP contribution < -0.4 is 10.2 Å². The Morgan fingerprint density at radius 3 is 2.52 bits per heavy atom. The maximum Gasteiger partial charge on any atom is 0.243 e. The second-order valence-electron chi connectivity index (χ2n) is 8.57. The van der Waals surface area contributed by atoms with Crippen LogP contribution in [0.25, 0.3) is 0 Å². The third kappa shape index (κ3) is 5.49. The molecule has 2 heterocycles. The highest BCUT2D eigenvalue weighted by Gasteiger charge is 2.27. The van der Waals surface area contributed by atoms with Gasteiger partial charge in [-0.15, -0.1) is 0 Å². The molecule has 2 saturated heterocycles. The number of likely N-dealkylation sites (tertiary alicyclic amines) is 1. The standard InChI is InChI=1S/C21H34N4O3S/c1-17-8-7-11-24(15-17)16-21(26)22-19-14-18(9-10-20(19)23(2)3)29(27,28)25-12-5-4-6-13-25/h9-10,14,17H,4-8,11-13,15-16H2,1-3H3,(H,22,26)/t17-/m1/s1. The van der Waals surface area contributed by atoms with Crippen LogP contribution in [-0.4, -0.2) is 70.3 Å². The fraction of sp³-hybridized carbons (Fsp3) is 0.667. The van der Waals surface area contributed by atoms with Crippen molar-refractivity contribution in [1.29, 1.82) is 0 Å². The van der Waals surface area contributed by atoms with Crippen molar-refractivity contribution in [3.8, 4) is 0 Å². The third-order valence-corrected chi connectivity index (χ3v) is 7.68. The van der Waals surface area contributed by atoms with E-state index >= 15 is 0 Å². The maximum atomic E-state index is 13.1. The summed E-state index contributed by atoms with van der Waals surface area (Å²) in [6.07, 6.45) is 5.18. The number of amides is 1. The zero-order valence-corrected chi connectivity index (χ0v) is 18.7. The number of piperidine rings is 2. The molecule has 1 N–H and O–H groups in total. The number of carbonyl (C=O) groups is 1. The van der Waals surface area contributed by atoms with Crippen LogP contribution >= 0.6 is 0 Å². The Labute approximate surface area is 175 Å². The van der Waals surface area contributed by atoms with Crippen LogP contribution in [0.1, 0.15) is 39.0 Å². The van der Waals surface area contributed by atoms with E-state index in [4.69, 9.17) is 0 Å². The minimum absolute atomic E-state index is 0.102. The molecule has 1 aromatic carbocycles. The van der Waals surface area contributed by atoms with E-state index < -0.39 is 10.0 Å². The van der Waals surface area contributed by atoms with Gasteiger partial charge in [-0.2, -0.15) is 4.31 Å². The Hall–Kier alpha value is -1.64. The molecule has 7 nitrogen and oxygen atoms in total. The van der Waals surface area contributed by atoms with Crippen LogP contribution in [0.15, 0.2) is 23.1 Å². The first-order chi connectivity index (χ1) is 13.8. The first kappa shape index (κ1) is 22.1. The van der Waals surface area contributed by atoms with E-state index in [1.807, 2.05) is 19.0 Å². The van der Waals surface area contributed by atoms with Crippen molar-refractivity contribution >= 4 is 27.3 Å². The van der Waals surface area contributed by atoms with Crippen LogP contribution in [0.3, 0.4) is 0 Å². The fourth-order valence-corrected chi connectivity index (χ4v) is 5.79. The minimum atomic E-state index is -3.54. The second-order valence-corrected chi connectivity index (χ2v) is 10.5. The zero-order chi connectivity index (χ0) is 21.0. The van der Waals surface area contributed by atoms with Gasteiger partial charge in [-0.1, -0.05) is 13.3 Å². The normalized spacial score (nSPS) is 21.7. The van der Waals surface area contributed by atoms with Gasteiger partial charge in [0.05, 0.1) is 22.8 Å². The van der Waals surface area contributed by atoms with E-state index in [-0.39, 0.29) is 10.8 Å². The van der Waals surface area contributed by atoms with E-state index in [0.717, 1.165) is 44.5 Å². The summed E-state index contributed by atoms with van der Waals surface area (Å²) in [7, 11) is 0.226. The average Bonchev–Trinajstić information content (AvgIpc) is 2.68. The van der Waals surface area contributed by atoms with Crippen LogP contribution in [0.2, 0.25) is 0 Å². The van der Waals surface area contributed by atoms with Crippen molar-refractivity contribution < 1.29 is 13.2 Å². The summed E-state index contributed by atoms with van der Waals surface area (Å²) >= 11 is 0. The zero-order valence-electron chi connectivity index (χ0n) is 17.9. The van der Waals surface area contributed by atoms with Crippen molar-refractivity contribution in [3.63, 3.8) is 0 Å². The van der Waals surface area contributed by atoms with Gasteiger partial charge >= 0.3 is 0 Å². The van der Waals surface area contributed by atoms with Crippen LogP contribution in [0.4, 0.5) is 11.4 Å². The van der Waals surface area contributed by atoms with Crippen molar-refractivity contribution in [3.05, 3.63) is 18.2 Å². The average molecular weight is 423 g/mol. The number of sulfonamides is 1. The van der Waals surface area contributed by atoms with Gasteiger partial charge in [0.25, 0.3) is 0 Å². The lowest BCUT2D eigenvalue weighted by Gasteiger charge is -2.30. The molecule has 162 valence electrons. The van der Waals surface area contributed by atoms with Gasteiger partial charge in [0.15, 0.2) is 0 Å². The highest BCUT2D eigenvalue weighted by atomic mass is 32.2. The molecular weight excluding hydrogens is 388 g/mol. The Kier molecular flexibility index (Phi) is 7.19. The number of hydrogen-bond acceptors (Lipinski definition) is 5. The number of nitrogens with one attached hydrogen (secondary N) is 1. The lowest BCUT2D eigenvalue weighted by molar-refractivity contribution is -0.117. The van der Waals surface area contributed by atoms with Gasteiger partial charge in [0.2, 0.25) is 15.9 Å². The smallest absolute Gasteiger partial charge is 0.243 e. The van der Waals surface area contributed by atoms with Gasteiger partial charge in [-0.3, -0.25) is 9.69 Å². The van der Waals surface area contributed by atoms with E-state index in [1.165, 1.54) is 6.42 Å². The van der Waals surface area contributed by atoms with E-state index in [0.29, 0.717) is 31.2 Å². The summed E-state index contributed by atoms with van der Waals surface area (Å²) in [5, 5.41) is 2.96. The van der Waals surface area contributed by atoms with Crippen LogP contribution in [0.5, 0.6) is 0 Å². The van der Waals surface area contributed by atoms with Crippen molar-refractivity contribution in [2.24, 2.45) is 5.92 Å². The second kappa shape index (κ2) is 9.45. The number of nitrogens with zero attached hydrogens (tertiary/aromatic N) is 3. The molecule has 0 aliphatic carbocycles. The van der Waals surface area contributed by atoms with Crippen LogP contribution in [0, 0.1) is 5.92 Å². The van der Waals surface area contributed by atoms with E-state index in [1.54, 1.807) is 22.5 Å². The van der Waals surface area contributed by atoms with Gasteiger partial charge < -0.3 is 10.2 Å². The number of benzene rings is 1. The van der Waals surface area contributed by atoms with Crippen molar-refractivity contribution in [1.82, 2.24) is 9.21 Å². The number of hydrogen-bond donors (Lipinski definition) is 1. The number of carbonyl (C=O) groups excluding carboxylic acids is 1. The molecular formula is C21H34N4O3S. The third-order valence-electron chi connectivity index (χ3n) is 5.79. The van der Waals surface area contributed by atoms with Gasteiger partial charge in [0.1, 0.15) is 0 Å². The SMILES string of the molecule is C[C@@H]1CCCN(CC(=O)Nc2cc(S(=O)(=O)N3CCCCC3)ccc2N(C)C)C1. The molecule has 0 radical (unpaired) electrons. The summed E-state index contributed by atoms with van der Waals surface area (Å²) in [5.41, 5.74) is 1.34. The molecule has 1 amide bonds. The molecule has 0 bridgehead atoms. The number of rotatable bonds is 6. The molecule has 2 aliphatic heterocycles. The highest BCUT2D eigenvalue weighted by Crippen LogP contribution is 2.30. The molecule has 2 fully saturated rings. The monoisotopic (exact) mass is 422 g/mol. The lowest BCUT2D eigenvalue weighted by atomic mass is 10.0. The van der Waals surface area contributed by atoms with Crippen molar-refractivity contribution in [2.75, 3.05) is 57.0 Å². The van der Waals surface area contributed by atoms with Gasteiger partial charge in [-0.25, -0.2) is 8.42 Å². The highest BCUT2D eigenvalue weighted by molar-refractivity contribution is 7.89. The predicted octanol–water partition coefficient (Wildman–Crippen LogP) is 2.60.